The molecule has 0 aromatic carbocycles. The van der Waals surface area contributed by atoms with Crippen molar-refractivity contribution in [2.45, 2.75) is 50.2 Å². The molecular weight excluding hydrogens is 310 g/mol. The van der Waals surface area contributed by atoms with Crippen molar-refractivity contribution >= 4 is 11.9 Å². The summed E-state index contributed by atoms with van der Waals surface area (Å²) in [6.07, 6.45) is -2.48. The highest BCUT2D eigenvalue weighted by atomic mass is 16.8. The average Bonchev–Trinajstić information content (AvgIpc) is 2.93. The Labute approximate surface area is 131 Å². The van der Waals surface area contributed by atoms with Crippen LogP contribution in [0.2, 0.25) is 0 Å². The number of imide groups is 1. The largest absolute Gasteiger partial charge is 0.393 e. The van der Waals surface area contributed by atoms with Gasteiger partial charge >= 0.3 is 6.03 Å². The first-order chi connectivity index (χ1) is 10.8. The number of amides is 3. The number of nitrogens with zero attached hydrogens (tertiary/aromatic N) is 4. The molecule has 23 heavy (non-hydrogen) atoms. The Bertz CT molecular complexity index is 590. The lowest BCUT2D eigenvalue weighted by atomic mass is 10.1. The summed E-state index contributed by atoms with van der Waals surface area (Å²) in [5, 5.41) is 15.4. The van der Waals surface area contributed by atoms with Gasteiger partial charge in [-0.2, -0.15) is 0 Å². The van der Waals surface area contributed by atoms with Crippen LogP contribution < -0.4 is 5.32 Å². The van der Waals surface area contributed by atoms with Crippen LogP contribution in [-0.4, -0.2) is 65.0 Å². The summed E-state index contributed by atoms with van der Waals surface area (Å²) in [6, 6.07) is -0.631. The first-order valence-corrected chi connectivity index (χ1v) is 7.13. The maximum atomic E-state index is 12.1. The Morgan fingerprint density at radius 1 is 1.43 bits per heavy atom. The maximum absolute atomic E-state index is 12.1. The van der Waals surface area contributed by atoms with Crippen LogP contribution in [0, 0.1) is 0 Å². The van der Waals surface area contributed by atoms with Gasteiger partial charge in [-0.3, -0.25) is 15.0 Å². The van der Waals surface area contributed by atoms with E-state index in [9.17, 15) is 14.7 Å². The number of hydrogen-bond donors (Lipinski definition) is 2. The SMILES string of the molecule is CC1(C)OC2C(N3CCC(=O)NC3=O)O[C@@](CO)(N=[N+]=[N-])C2O1. The van der Waals surface area contributed by atoms with Crippen LogP contribution in [0.3, 0.4) is 0 Å². The van der Waals surface area contributed by atoms with Crippen LogP contribution in [0.5, 0.6) is 0 Å². The Morgan fingerprint density at radius 2 is 2.17 bits per heavy atom. The number of ether oxygens (including phenoxy) is 3. The molecule has 3 saturated heterocycles. The predicted octanol–water partition coefficient (Wildman–Crippen LogP) is -0.196. The normalized spacial score (nSPS) is 38.9. The van der Waals surface area contributed by atoms with Gasteiger partial charge in [0.2, 0.25) is 11.6 Å². The molecule has 3 aliphatic rings. The van der Waals surface area contributed by atoms with E-state index < -0.39 is 42.6 Å². The van der Waals surface area contributed by atoms with Gasteiger partial charge < -0.3 is 19.3 Å². The first kappa shape index (κ1) is 16.0. The number of hydrogen-bond acceptors (Lipinski definition) is 7. The summed E-state index contributed by atoms with van der Waals surface area (Å²) >= 11 is 0. The van der Waals surface area contributed by atoms with Crippen LogP contribution in [-0.2, 0) is 19.0 Å². The third kappa shape index (κ3) is 2.52. The lowest BCUT2D eigenvalue weighted by molar-refractivity contribution is -0.229. The summed E-state index contributed by atoms with van der Waals surface area (Å²) < 4.78 is 17.2. The molecule has 0 saturated carbocycles. The van der Waals surface area contributed by atoms with Crippen LogP contribution in [0.1, 0.15) is 20.3 Å². The molecule has 3 aliphatic heterocycles. The van der Waals surface area contributed by atoms with Gasteiger partial charge in [0.1, 0.15) is 12.2 Å². The van der Waals surface area contributed by atoms with Crippen LogP contribution in [0.4, 0.5) is 4.79 Å². The standard InChI is InChI=1S/C12H17N5O6/c1-11(2)21-7-8(22-11)12(5-18,15-16-13)23-9(7)17-4-3-6(19)14-10(17)20/h7-9,18H,3-5H2,1-2H3,(H,14,19,20)/t7?,8?,9?,12-/m1/s1. The Hall–Kier alpha value is -1.91. The molecule has 0 aromatic rings. The summed E-state index contributed by atoms with van der Waals surface area (Å²) in [7, 11) is 0. The molecule has 0 aliphatic carbocycles. The molecule has 4 atom stereocenters. The molecule has 0 bridgehead atoms. The van der Waals surface area contributed by atoms with E-state index in [1.54, 1.807) is 13.8 Å². The number of azide groups is 1. The molecule has 2 N–H and O–H groups in total. The second-order valence-electron chi connectivity index (χ2n) is 6.02. The third-order valence-corrected chi connectivity index (χ3v) is 4.01. The lowest BCUT2D eigenvalue weighted by Gasteiger charge is -2.35. The van der Waals surface area contributed by atoms with E-state index in [-0.39, 0.29) is 18.9 Å². The van der Waals surface area contributed by atoms with Gasteiger partial charge in [0.15, 0.2) is 12.0 Å². The summed E-state index contributed by atoms with van der Waals surface area (Å²) in [6.45, 7) is 2.82. The molecule has 3 unspecified atom stereocenters. The molecule has 3 rings (SSSR count). The fourth-order valence-corrected chi connectivity index (χ4v) is 3.07. The summed E-state index contributed by atoms with van der Waals surface area (Å²) in [5.74, 6) is -1.38. The molecule has 11 nitrogen and oxygen atoms in total. The van der Waals surface area contributed by atoms with Gasteiger partial charge in [-0.25, -0.2) is 4.79 Å². The third-order valence-electron chi connectivity index (χ3n) is 4.01. The number of nitrogens with one attached hydrogen (secondary N) is 1. The number of rotatable bonds is 3. The van der Waals surface area contributed by atoms with Crippen molar-refractivity contribution in [1.29, 1.82) is 0 Å². The molecule has 3 amide bonds. The van der Waals surface area contributed by atoms with Crippen molar-refractivity contribution in [3.8, 4) is 0 Å². The van der Waals surface area contributed by atoms with Crippen molar-refractivity contribution in [2.75, 3.05) is 13.2 Å². The number of carbonyl (C=O) groups is 2. The summed E-state index contributed by atoms with van der Waals surface area (Å²) in [4.78, 5) is 27.3. The van der Waals surface area contributed by atoms with E-state index in [4.69, 9.17) is 19.7 Å². The maximum Gasteiger partial charge on any atom is 0.326 e. The Morgan fingerprint density at radius 3 is 2.78 bits per heavy atom. The molecule has 3 heterocycles. The zero-order valence-electron chi connectivity index (χ0n) is 12.6. The van der Waals surface area contributed by atoms with Crippen molar-refractivity contribution in [3.63, 3.8) is 0 Å². The van der Waals surface area contributed by atoms with E-state index in [0.29, 0.717) is 0 Å². The van der Waals surface area contributed by atoms with E-state index in [0.717, 1.165) is 0 Å². The zero-order chi connectivity index (χ0) is 16.8. The number of urea groups is 1. The molecule has 3 fully saturated rings. The predicted molar refractivity (Wildman–Crippen MR) is 72.5 cm³/mol. The second kappa shape index (κ2) is 5.32. The molecule has 0 aromatic heterocycles. The smallest absolute Gasteiger partial charge is 0.326 e. The lowest BCUT2D eigenvalue weighted by Crippen LogP contribution is -2.56. The van der Waals surface area contributed by atoms with Gasteiger partial charge in [-0.15, -0.1) is 0 Å². The van der Waals surface area contributed by atoms with Crippen molar-refractivity contribution < 1.29 is 28.9 Å². The molecule has 0 spiro atoms. The zero-order valence-corrected chi connectivity index (χ0v) is 12.6. The quantitative estimate of drug-likeness (QED) is 0.417. The highest BCUT2D eigenvalue weighted by molar-refractivity contribution is 5.96. The van der Waals surface area contributed by atoms with E-state index >= 15 is 0 Å². The number of carbonyl (C=O) groups excluding carboxylic acids is 2. The van der Waals surface area contributed by atoms with Crippen molar-refractivity contribution in [2.24, 2.45) is 5.11 Å². The van der Waals surface area contributed by atoms with Crippen molar-refractivity contribution in [3.05, 3.63) is 10.4 Å². The number of aliphatic hydroxyl groups is 1. The van der Waals surface area contributed by atoms with Crippen molar-refractivity contribution in [1.82, 2.24) is 10.2 Å². The minimum absolute atomic E-state index is 0.112. The monoisotopic (exact) mass is 327 g/mol. The first-order valence-electron chi connectivity index (χ1n) is 7.13. The van der Waals surface area contributed by atoms with Gasteiger partial charge in [0.25, 0.3) is 0 Å². The van der Waals surface area contributed by atoms with Gasteiger partial charge in [-0.05, 0) is 19.4 Å². The minimum atomic E-state index is -1.69. The average molecular weight is 327 g/mol. The van der Waals surface area contributed by atoms with E-state index in [1.165, 1.54) is 4.90 Å². The Kier molecular flexibility index (Phi) is 3.69. The molecule has 126 valence electrons. The second-order valence-corrected chi connectivity index (χ2v) is 6.02. The van der Waals surface area contributed by atoms with E-state index in [1.807, 2.05) is 0 Å². The molecule has 11 heteroatoms. The van der Waals surface area contributed by atoms with Gasteiger partial charge in [0, 0.05) is 17.9 Å². The number of fused-ring (bicyclic) bond motifs is 1. The molecular formula is C12H17N5O6. The van der Waals surface area contributed by atoms with Crippen LogP contribution >= 0.6 is 0 Å². The van der Waals surface area contributed by atoms with Gasteiger partial charge in [-0.1, -0.05) is 5.11 Å². The van der Waals surface area contributed by atoms with Crippen LogP contribution in [0.25, 0.3) is 10.4 Å². The minimum Gasteiger partial charge on any atom is -0.393 e. The van der Waals surface area contributed by atoms with Gasteiger partial charge in [0.05, 0.1) is 6.61 Å². The fourth-order valence-electron chi connectivity index (χ4n) is 3.07. The highest BCUT2D eigenvalue weighted by Crippen LogP contribution is 2.45. The van der Waals surface area contributed by atoms with Crippen LogP contribution in [0.15, 0.2) is 5.11 Å². The number of aliphatic hydroxyl groups excluding tert-OH is 1. The Balaban J connectivity index is 1.94. The van der Waals surface area contributed by atoms with E-state index in [2.05, 4.69) is 15.3 Å². The summed E-state index contributed by atoms with van der Waals surface area (Å²) in [5.41, 5.74) is 7.09. The topological polar surface area (TPSA) is 146 Å². The molecule has 0 radical (unpaired) electrons. The highest BCUT2D eigenvalue weighted by Gasteiger charge is 2.64. The fraction of sp³-hybridized carbons (Fsp3) is 0.833.